The molecule has 0 unspecified atom stereocenters. The highest BCUT2D eigenvalue weighted by molar-refractivity contribution is 7.89. The van der Waals surface area contributed by atoms with Gasteiger partial charge in [-0.3, -0.25) is 4.79 Å². The van der Waals surface area contributed by atoms with Gasteiger partial charge in [0.1, 0.15) is 11.5 Å². The third-order valence-corrected chi connectivity index (χ3v) is 6.28. The van der Waals surface area contributed by atoms with Crippen LogP contribution in [-0.2, 0) is 21.2 Å². The number of carbonyl (C=O) groups excluding carboxylic acids is 1. The Labute approximate surface area is 164 Å². The first-order valence-electron chi connectivity index (χ1n) is 9.26. The summed E-state index contributed by atoms with van der Waals surface area (Å²) < 4.78 is 40.0. The van der Waals surface area contributed by atoms with Crippen LogP contribution >= 0.6 is 0 Å². The van der Waals surface area contributed by atoms with Crippen molar-refractivity contribution in [3.8, 4) is 0 Å². The summed E-state index contributed by atoms with van der Waals surface area (Å²) in [6, 6.07) is 11.2. The monoisotopic (exact) mass is 405 g/mol. The molecule has 0 bridgehead atoms. The van der Waals surface area contributed by atoms with E-state index < -0.39 is 15.8 Å². The van der Waals surface area contributed by atoms with Crippen molar-refractivity contribution in [2.75, 3.05) is 30.4 Å². The van der Waals surface area contributed by atoms with Crippen LogP contribution in [0.3, 0.4) is 0 Å². The third-order valence-electron chi connectivity index (χ3n) is 4.85. The average Bonchev–Trinajstić information content (AvgIpc) is 3.23. The minimum Gasteiger partial charge on any atom is -0.370 e. The maximum atomic E-state index is 14.3. The molecule has 0 saturated carbocycles. The average molecular weight is 405 g/mol. The Morgan fingerprint density at radius 3 is 2.43 bits per heavy atom. The van der Waals surface area contributed by atoms with Crippen LogP contribution in [0.5, 0.6) is 0 Å². The van der Waals surface area contributed by atoms with Gasteiger partial charge in [0.05, 0.1) is 10.6 Å². The Bertz CT molecular complexity index is 940. The first-order chi connectivity index (χ1) is 13.4. The van der Waals surface area contributed by atoms with Gasteiger partial charge in [-0.25, -0.2) is 17.5 Å². The number of aryl methyl sites for hydroxylation is 1. The van der Waals surface area contributed by atoms with Gasteiger partial charge in [0.15, 0.2) is 0 Å². The van der Waals surface area contributed by atoms with E-state index in [9.17, 15) is 17.6 Å². The molecule has 1 saturated heterocycles. The van der Waals surface area contributed by atoms with Gasteiger partial charge in [-0.1, -0.05) is 18.2 Å². The number of carbonyl (C=O) groups is 1. The minimum atomic E-state index is -3.48. The zero-order chi connectivity index (χ0) is 20.1. The van der Waals surface area contributed by atoms with Crippen molar-refractivity contribution in [3.05, 3.63) is 53.8 Å². The van der Waals surface area contributed by atoms with Gasteiger partial charge in [-0.15, -0.1) is 0 Å². The first-order valence-corrected chi connectivity index (χ1v) is 10.7. The summed E-state index contributed by atoms with van der Waals surface area (Å²) in [5.74, 6) is -0.725. The molecule has 1 amide bonds. The maximum absolute atomic E-state index is 14.3. The van der Waals surface area contributed by atoms with E-state index in [0.29, 0.717) is 12.1 Å². The van der Waals surface area contributed by atoms with E-state index >= 15 is 0 Å². The number of nitrogens with one attached hydrogen (secondary N) is 2. The van der Waals surface area contributed by atoms with Crippen LogP contribution in [-0.4, -0.2) is 34.5 Å². The summed E-state index contributed by atoms with van der Waals surface area (Å²) in [5.41, 5.74) is 1.77. The standard InChI is InChI=1S/C20H24FN3O3S/c1-22-28(26,27)16-10-7-15(8-11-16)9-12-19(25)23-20-17(21)5-4-6-18(20)24-13-2-3-14-24/h4-8,10-11,22H,2-3,9,12-14H2,1H3,(H,23,25). The van der Waals surface area contributed by atoms with Crippen LogP contribution in [0.4, 0.5) is 15.8 Å². The van der Waals surface area contributed by atoms with Crippen molar-refractivity contribution in [2.24, 2.45) is 0 Å². The quantitative estimate of drug-likeness (QED) is 0.743. The Hall–Kier alpha value is -2.45. The molecule has 2 aromatic rings. The summed E-state index contributed by atoms with van der Waals surface area (Å²) in [7, 11) is -2.13. The van der Waals surface area contributed by atoms with E-state index in [4.69, 9.17) is 0 Å². The Kier molecular flexibility index (Phi) is 6.31. The molecule has 1 heterocycles. The normalized spacial score (nSPS) is 14.3. The molecule has 0 atom stereocenters. The Morgan fingerprint density at radius 1 is 1.11 bits per heavy atom. The van der Waals surface area contributed by atoms with Gasteiger partial charge >= 0.3 is 0 Å². The molecule has 1 aliphatic rings. The van der Waals surface area contributed by atoms with E-state index in [-0.39, 0.29) is 22.9 Å². The second-order valence-corrected chi connectivity index (χ2v) is 8.61. The summed E-state index contributed by atoms with van der Waals surface area (Å²) in [6.45, 7) is 1.71. The van der Waals surface area contributed by atoms with Crippen molar-refractivity contribution in [2.45, 2.75) is 30.6 Å². The first kappa shape index (κ1) is 20.3. The number of hydrogen-bond donors (Lipinski definition) is 2. The van der Waals surface area contributed by atoms with Crippen molar-refractivity contribution in [1.29, 1.82) is 0 Å². The summed E-state index contributed by atoms with van der Waals surface area (Å²) in [5, 5.41) is 2.71. The SMILES string of the molecule is CNS(=O)(=O)c1ccc(CCC(=O)Nc2c(F)cccc2N2CCCC2)cc1. The summed E-state index contributed by atoms with van der Waals surface area (Å²) in [4.78, 5) is 14.6. The molecule has 1 aliphatic heterocycles. The fourth-order valence-corrected chi connectivity index (χ4v) is 4.00. The molecule has 0 aliphatic carbocycles. The minimum absolute atomic E-state index is 0.171. The molecular weight excluding hydrogens is 381 g/mol. The molecule has 150 valence electrons. The third kappa shape index (κ3) is 4.69. The van der Waals surface area contributed by atoms with Gasteiger partial charge in [0, 0.05) is 19.5 Å². The zero-order valence-electron chi connectivity index (χ0n) is 15.7. The van der Waals surface area contributed by atoms with Crippen LogP contribution in [0, 0.1) is 5.82 Å². The number of para-hydroxylation sites is 1. The lowest BCUT2D eigenvalue weighted by Gasteiger charge is -2.22. The van der Waals surface area contributed by atoms with Crippen LogP contribution in [0.1, 0.15) is 24.8 Å². The lowest BCUT2D eigenvalue weighted by molar-refractivity contribution is -0.116. The number of nitrogens with zero attached hydrogens (tertiary/aromatic N) is 1. The van der Waals surface area contributed by atoms with Gasteiger partial charge < -0.3 is 10.2 Å². The maximum Gasteiger partial charge on any atom is 0.240 e. The second kappa shape index (κ2) is 8.70. The molecule has 2 N–H and O–H groups in total. The predicted molar refractivity (Wildman–Crippen MR) is 107 cm³/mol. The molecule has 6 nitrogen and oxygen atoms in total. The highest BCUT2D eigenvalue weighted by Crippen LogP contribution is 2.31. The van der Waals surface area contributed by atoms with Crippen LogP contribution in [0.25, 0.3) is 0 Å². The van der Waals surface area contributed by atoms with Crippen LogP contribution in [0.2, 0.25) is 0 Å². The smallest absolute Gasteiger partial charge is 0.240 e. The van der Waals surface area contributed by atoms with Crippen molar-refractivity contribution in [1.82, 2.24) is 4.72 Å². The molecule has 0 radical (unpaired) electrons. The van der Waals surface area contributed by atoms with Crippen molar-refractivity contribution < 1.29 is 17.6 Å². The number of hydrogen-bond acceptors (Lipinski definition) is 4. The number of anilines is 2. The van der Waals surface area contributed by atoms with E-state index in [0.717, 1.165) is 31.5 Å². The molecule has 2 aromatic carbocycles. The molecule has 0 spiro atoms. The Balaban J connectivity index is 1.64. The number of halogens is 1. The highest BCUT2D eigenvalue weighted by Gasteiger charge is 2.19. The highest BCUT2D eigenvalue weighted by atomic mass is 32.2. The second-order valence-electron chi connectivity index (χ2n) is 6.73. The number of rotatable bonds is 7. The van der Waals surface area contributed by atoms with Crippen LogP contribution < -0.4 is 14.9 Å². The fourth-order valence-electron chi connectivity index (χ4n) is 3.27. The van der Waals surface area contributed by atoms with Gasteiger partial charge in [-0.05, 0) is 56.1 Å². The van der Waals surface area contributed by atoms with Gasteiger partial charge in [-0.2, -0.15) is 0 Å². The van der Waals surface area contributed by atoms with Crippen molar-refractivity contribution >= 4 is 27.3 Å². The number of benzene rings is 2. The lowest BCUT2D eigenvalue weighted by atomic mass is 10.1. The molecule has 1 fully saturated rings. The lowest BCUT2D eigenvalue weighted by Crippen LogP contribution is -2.22. The Morgan fingerprint density at radius 2 is 1.79 bits per heavy atom. The number of sulfonamides is 1. The topological polar surface area (TPSA) is 78.5 Å². The van der Waals surface area contributed by atoms with Gasteiger partial charge in [0.25, 0.3) is 0 Å². The predicted octanol–water partition coefficient (Wildman–Crippen LogP) is 2.91. The fraction of sp³-hybridized carbons (Fsp3) is 0.350. The van der Waals surface area contributed by atoms with Crippen molar-refractivity contribution in [3.63, 3.8) is 0 Å². The van der Waals surface area contributed by atoms with Crippen LogP contribution in [0.15, 0.2) is 47.4 Å². The van der Waals surface area contributed by atoms with E-state index in [1.165, 1.54) is 25.2 Å². The van der Waals surface area contributed by atoms with E-state index in [2.05, 4.69) is 14.9 Å². The van der Waals surface area contributed by atoms with E-state index in [1.54, 1.807) is 18.2 Å². The zero-order valence-corrected chi connectivity index (χ0v) is 16.6. The molecule has 28 heavy (non-hydrogen) atoms. The summed E-state index contributed by atoms with van der Waals surface area (Å²) >= 11 is 0. The molecule has 3 rings (SSSR count). The molecular formula is C20H24FN3O3S. The van der Waals surface area contributed by atoms with Gasteiger partial charge in [0.2, 0.25) is 15.9 Å². The van der Waals surface area contributed by atoms with E-state index in [1.807, 2.05) is 6.07 Å². The summed E-state index contributed by atoms with van der Waals surface area (Å²) in [6.07, 6.45) is 2.72. The number of amides is 1. The molecule has 8 heteroatoms. The molecule has 0 aromatic heterocycles. The largest absolute Gasteiger partial charge is 0.370 e.